The molecule has 0 aromatic heterocycles. The summed E-state index contributed by atoms with van der Waals surface area (Å²) in [4.78, 5) is 0.325. The van der Waals surface area contributed by atoms with Gasteiger partial charge in [-0.2, -0.15) is 16.1 Å². The van der Waals surface area contributed by atoms with Gasteiger partial charge in [-0.3, -0.25) is 0 Å². The van der Waals surface area contributed by atoms with Crippen LogP contribution >= 0.6 is 11.8 Å². The van der Waals surface area contributed by atoms with Crippen LogP contribution in [-0.4, -0.2) is 36.8 Å². The number of anilines is 1. The topological polar surface area (TPSA) is 63.4 Å². The highest BCUT2D eigenvalue weighted by atomic mass is 32.2. The molecule has 1 heterocycles. The maximum Gasteiger partial charge on any atom is 0.243 e. The molecule has 17 heavy (non-hydrogen) atoms. The van der Waals surface area contributed by atoms with Crippen molar-refractivity contribution in [3.05, 3.63) is 24.3 Å². The Labute approximate surface area is 106 Å². The van der Waals surface area contributed by atoms with Crippen molar-refractivity contribution in [2.24, 2.45) is 0 Å². The monoisotopic (exact) mass is 272 g/mol. The summed E-state index contributed by atoms with van der Waals surface area (Å²) in [6.07, 6.45) is 0. The molecule has 1 atom stereocenters. The molecule has 1 fully saturated rings. The summed E-state index contributed by atoms with van der Waals surface area (Å²) in [7, 11) is -3.35. The number of nitrogens with zero attached hydrogens (tertiary/aromatic N) is 1. The van der Waals surface area contributed by atoms with Crippen LogP contribution in [-0.2, 0) is 10.0 Å². The third kappa shape index (κ3) is 2.75. The number of hydrogen-bond donors (Lipinski definition) is 1. The molecule has 2 rings (SSSR count). The summed E-state index contributed by atoms with van der Waals surface area (Å²) >= 11 is 1.81. The van der Waals surface area contributed by atoms with Crippen molar-refractivity contribution in [3.63, 3.8) is 0 Å². The van der Waals surface area contributed by atoms with Crippen LogP contribution < -0.4 is 5.73 Å². The van der Waals surface area contributed by atoms with Crippen LogP contribution in [0, 0.1) is 0 Å². The van der Waals surface area contributed by atoms with Gasteiger partial charge in [-0.1, -0.05) is 6.92 Å². The van der Waals surface area contributed by atoms with Gasteiger partial charge in [0.15, 0.2) is 0 Å². The van der Waals surface area contributed by atoms with E-state index in [1.54, 1.807) is 28.6 Å². The minimum Gasteiger partial charge on any atom is -0.399 e. The molecular weight excluding hydrogens is 256 g/mol. The Balaban J connectivity index is 2.26. The molecule has 1 aliphatic heterocycles. The first-order chi connectivity index (χ1) is 8.00. The summed E-state index contributed by atoms with van der Waals surface area (Å²) in [5, 5.41) is 0.354. The molecular formula is C11H16N2O2S2. The van der Waals surface area contributed by atoms with Gasteiger partial charge in [0.2, 0.25) is 10.0 Å². The summed E-state index contributed by atoms with van der Waals surface area (Å²) in [6, 6.07) is 6.37. The molecule has 1 aromatic carbocycles. The second kappa shape index (κ2) is 4.88. The lowest BCUT2D eigenvalue weighted by atomic mass is 10.3. The lowest BCUT2D eigenvalue weighted by Gasteiger charge is -2.29. The molecule has 94 valence electrons. The van der Waals surface area contributed by atoms with E-state index < -0.39 is 10.0 Å². The Kier molecular flexibility index (Phi) is 3.65. The smallest absolute Gasteiger partial charge is 0.243 e. The van der Waals surface area contributed by atoms with Crippen LogP contribution in [0.25, 0.3) is 0 Å². The summed E-state index contributed by atoms with van der Waals surface area (Å²) in [5.74, 6) is 0.857. The highest BCUT2D eigenvalue weighted by Gasteiger charge is 2.28. The quantitative estimate of drug-likeness (QED) is 0.827. The van der Waals surface area contributed by atoms with Crippen molar-refractivity contribution in [1.82, 2.24) is 4.31 Å². The molecule has 0 aliphatic carbocycles. The zero-order valence-corrected chi connectivity index (χ0v) is 11.3. The first-order valence-corrected chi connectivity index (χ1v) is 7.96. The fraction of sp³-hybridized carbons (Fsp3) is 0.455. The van der Waals surface area contributed by atoms with Gasteiger partial charge in [0, 0.05) is 29.8 Å². The van der Waals surface area contributed by atoms with Crippen LogP contribution in [0.4, 0.5) is 5.69 Å². The number of benzene rings is 1. The van der Waals surface area contributed by atoms with E-state index in [1.807, 2.05) is 11.8 Å². The number of hydrogen-bond acceptors (Lipinski definition) is 4. The normalized spacial score (nSPS) is 22.5. The number of rotatable bonds is 2. The minimum absolute atomic E-state index is 0.325. The van der Waals surface area contributed by atoms with Gasteiger partial charge in [-0.05, 0) is 24.3 Å². The van der Waals surface area contributed by atoms with Gasteiger partial charge in [0.05, 0.1) is 4.90 Å². The second-order valence-corrected chi connectivity index (χ2v) is 7.60. The van der Waals surface area contributed by atoms with Gasteiger partial charge >= 0.3 is 0 Å². The Hall–Kier alpha value is -0.720. The van der Waals surface area contributed by atoms with E-state index in [-0.39, 0.29) is 0 Å². The summed E-state index contributed by atoms with van der Waals surface area (Å²) < 4.78 is 26.2. The molecule has 2 N–H and O–H groups in total. The number of sulfonamides is 1. The van der Waals surface area contributed by atoms with E-state index in [4.69, 9.17) is 5.73 Å². The maximum atomic E-state index is 12.3. The highest BCUT2D eigenvalue weighted by Crippen LogP contribution is 2.24. The van der Waals surface area contributed by atoms with E-state index in [1.165, 1.54) is 0 Å². The Bertz CT molecular complexity index is 485. The van der Waals surface area contributed by atoms with Crippen LogP contribution in [0.1, 0.15) is 6.92 Å². The summed E-state index contributed by atoms with van der Waals surface area (Å²) in [5.41, 5.74) is 6.13. The van der Waals surface area contributed by atoms with E-state index in [2.05, 4.69) is 6.92 Å². The fourth-order valence-electron chi connectivity index (χ4n) is 1.79. The number of thioether (sulfide) groups is 1. The number of nitrogens with two attached hydrogens (primary N) is 1. The Morgan fingerprint density at radius 3 is 2.59 bits per heavy atom. The molecule has 1 aliphatic rings. The zero-order chi connectivity index (χ0) is 12.5. The first-order valence-electron chi connectivity index (χ1n) is 5.47. The van der Waals surface area contributed by atoms with Crippen molar-refractivity contribution >= 4 is 27.5 Å². The molecule has 0 radical (unpaired) electrons. The number of nitrogen functional groups attached to an aromatic ring is 1. The van der Waals surface area contributed by atoms with Gasteiger partial charge in [0.25, 0.3) is 0 Å². The molecule has 6 heteroatoms. The van der Waals surface area contributed by atoms with Gasteiger partial charge in [-0.15, -0.1) is 0 Å². The maximum absolute atomic E-state index is 12.3. The predicted octanol–water partition coefficient (Wildman–Crippen LogP) is 1.39. The van der Waals surface area contributed by atoms with Crippen molar-refractivity contribution in [3.8, 4) is 0 Å². The van der Waals surface area contributed by atoms with Gasteiger partial charge in [-0.25, -0.2) is 8.42 Å². The van der Waals surface area contributed by atoms with Crippen molar-refractivity contribution in [2.75, 3.05) is 24.6 Å². The molecule has 0 bridgehead atoms. The molecule has 0 saturated carbocycles. The van der Waals surface area contributed by atoms with Gasteiger partial charge in [0.1, 0.15) is 0 Å². The minimum atomic E-state index is -3.35. The second-order valence-electron chi connectivity index (χ2n) is 4.11. The van der Waals surface area contributed by atoms with Crippen LogP contribution in [0.2, 0.25) is 0 Å². The predicted molar refractivity (Wildman–Crippen MR) is 71.5 cm³/mol. The van der Waals surface area contributed by atoms with E-state index in [9.17, 15) is 8.42 Å². The average molecular weight is 272 g/mol. The first kappa shape index (κ1) is 12.7. The molecule has 0 amide bonds. The largest absolute Gasteiger partial charge is 0.399 e. The zero-order valence-electron chi connectivity index (χ0n) is 9.67. The molecule has 1 saturated heterocycles. The van der Waals surface area contributed by atoms with Crippen LogP contribution in [0.15, 0.2) is 29.2 Å². The highest BCUT2D eigenvalue weighted by molar-refractivity contribution is 8.00. The molecule has 0 spiro atoms. The third-order valence-corrected chi connectivity index (χ3v) is 5.74. The summed E-state index contributed by atoms with van der Waals surface area (Å²) in [6.45, 7) is 3.22. The van der Waals surface area contributed by atoms with E-state index in [0.29, 0.717) is 28.9 Å². The standard InChI is InChI=1S/C11H16N2O2S2/c1-9-8-13(6-7-16-9)17(14,15)11-4-2-10(12)3-5-11/h2-5,9H,6-8,12H2,1H3/t9-/m0/s1. The Morgan fingerprint density at radius 2 is 2.00 bits per heavy atom. The molecule has 4 nitrogen and oxygen atoms in total. The van der Waals surface area contributed by atoms with Crippen LogP contribution in [0.3, 0.4) is 0 Å². The molecule has 1 aromatic rings. The van der Waals surface area contributed by atoms with Crippen molar-refractivity contribution in [2.45, 2.75) is 17.1 Å². The average Bonchev–Trinajstić information content (AvgIpc) is 2.29. The van der Waals surface area contributed by atoms with Gasteiger partial charge < -0.3 is 5.73 Å². The fourth-order valence-corrected chi connectivity index (χ4v) is 4.55. The van der Waals surface area contributed by atoms with E-state index >= 15 is 0 Å². The molecule has 0 unspecified atom stereocenters. The van der Waals surface area contributed by atoms with Crippen molar-refractivity contribution in [1.29, 1.82) is 0 Å². The SMILES string of the molecule is C[C@H]1CN(S(=O)(=O)c2ccc(N)cc2)CCS1. The van der Waals surface area contributed by atoms with Crippen LogP contribution in [0.5, 0.6) is 0 Å². The lowest BCUT2D eigenvalue weighted by molar-refractivity contribution is 0.424. The van der Waals surface area contributed by atoms with Crippen molar-refractivity contribution < 1.29 is 8.42 Å². The third-order valence-electron chi connectivity index (χ3n) is 2.72. The lowest BCUT2D eigenvalue weighted by Crippen LogP contribution is -2.40. The Morgan fingerprint density at radius 1 is 1.35 bits per heavy atom. The van der Waals surface area contributed by atoms with E-state index in [0.717, 1.165) is 5.75 Å².